The maximum absolute atomic E-state index is 13.3. The molecule has 3 aromatic carbocycles. The first-order valence-corrected chi connectivity index (χ1v) is 14.1. The molecule has 0 spiro atoms. The fourth-order valence-electron chi connectivity index (χ4n) is 3.75. The third kappa shape index (κ3) is 6.02. The first-order chi connectivity index (χ1) is 17.2. The topological polar surface area (TPSA) is 38.8 Å². The molecule has 1 aliphatic heterocycles. The molecule has 1 heterocycles. The third-order valence-electron chi connectivity index (χ3n) is 5.40. The van der Waals surface area contributed by atoms with Gasteiger partial charge in [-0.15, -0.1) is 0 Å². The van der Waals surface area contributed by atoms with E-state index in [1.165, 1.54) is 11.8 Å². The van der Waals surface area contributed by atoms with Crippen LogP contribution in [-0.4, -0.2) is 16.8 Å². The summed E-state index contributed by atoms with van der Waals surface area (Å²) in [5.74, 6) is 1.07. The number of halogens is 3. The highest BCUT2D eigenvalue weighted by atomic mass is 127. The molecule has 0 N–H and O–H groups in total. The van der Waals surface area contributed by atoms with E-state index in [0.29, 0.717) is 37.4 Å². The Morgan fingerprint density at radius 2 is 1.86 bits per heavy atom. The van der Waals surface area contributed by atoms with Crippen molar-refractivity contribution in [3.05, 3.63) is 89.3 Å². The van der Waals surface area contributed by atoms with E-state index in [1.807, 2.05) is 63.2 Å². The fraction of sp³-hybridized carbons (Fsp3) is 0.185. The van der Waals surface area contributed by atoms with Crippen molar-refractivity contribution in [3.63, 3.8) is 0 Å². The van der Waals surface area contributed by atoms with Gasteiger partial charge in [0.05, 0.1) is 20.8 Å². The van der Waals surface area contributed by atoms with E-state index in [2.05, 4.69) is 22.6 Å². The Kier molecular flexibility index (Phi) is 8.88. The number of carbonyl (C=O) groups excluding carboxylic acids is 1. The number of thiocarbonyl (C=S) groups is 1. The van der Waals surface area contributed by atoms with E-state index in [1.54, 1.807) is 17.0 Å². The van der Waals surface area contributed by atoms with E-state index in [4.69, 9.17) is 44.9 Å². The van der Waals surface area contributed by atoms with Gasteiger partial charge >= 0.3 is 0 Å². The van der Waals surface area contributed by atoms with Crippen LogP contribution < -0.4 is 14.4 Å². The summed E-state index contributed by atoms with van der Waals surface area (Å²) in [6, 6.07) is 15.1. The van der Waals surface area contributed by atoms with E-state index in [9.17, 15) is 4.79 Å². The minimum absolute atomic E-state index is 0.136. The zero-order valence-corrected chi connectivity index (χ0v) is 25.0. The fourth-order valence-corrected chi connectivity index (χ4v) is 6.28. The first kappa shape index (κ1) is 27.3. The molecule has 1 fully saturated rings. The van der Waals surface area contributed by atoms with E-state index in [0.717, 1.165) is 31.5 Å². The van der Waals surface area contributed by atoms with Gasteiger partial charge in [-0.3, -0.25) is 9.69 Å². The molecule has 1 amide bonds. The molecule has 36 heavy (non-hydrogen) atoms. The quantitative estimate of drug-likeness (QED) is 0.143. The lowest BCUT2D eigenvalue weighted by Gasteiger charge is -2.17. The molecule has 4 rings (SSSR count). The molecule has 186 valence electrons. The van der Waals surface area contributed by atoms with Gasteiger partial charge in [0.15, 0.2) is 15.8 Å². The highest BCUT2D eigenvalue weighted by Crippen LogP contribution is 2.40. The third-order valence-corrected chi connectivity index (χ3v) is 8.09. The van der Waals surface area contributed by atoms with E-state index < -0.39 is 0 Å². The molecule has 1 saturated heterocycles. The van der Waals surface area contributed by atoms with Crippen LogP contribution in [0.5, 0.6) is 11.5 Å². The molecule has 1 aliphatic rings. The largest absolute Gasteiger partial charge is 0.490 e. The van der Waals surface area contributed by atoms with Crippen LogP contribution in [0.1, 0.15) is 29.2 Å². The number of amides is 1. The average Bonchev–Trinajstić information content (AvgIpc) is 3.07. The number of benzene rings is 3. The summed E-state index contributed by atoms with van der Waals surface area (Å²) in [7, 11) is 0. The van der Waals surface area contributed by atoms with Gasteiger partial charge in [-0.25, -0.2) is 0 Å². The molecule has 0 aliphatic carbocycles. The summed E-state index contributed by atoms with van der Waals surface area (Å²) >= 11 is 21.4. The van der Waals surface area contributed by atoms with Crippen molar-refractivity contribution in [2.75, 3.05) is 11.5 Å². The lowest BCUT2D eigenvalue weighted by Crippen LogP contribution is -2.28. The monoisotopic (exact) mass is 669 g/mol. The Hall–Kier alpha value is -1.78. The van der Waals surface area contributed by atoms with E-state index >= 15 is 0 Å². The number of ether oxygens (including phenoxy) is 2. The number of thioether (sulfide) groups is 1. The Labute approximate surface area is 244 Å². The van der Waals surface area contributed by atoms with Crippen LogP contribution in [0.3, 0.4) is 0 Å². The highest BCUT2D eigenvalue weighted by molar-refractivity contribution is 14.1. The van der Waals surface area contributed by atoms with Gasteiger partial charge in [0.2, 0.25) is 0 Å². The standard InChI is InChI=1S/C27H22Cl2INO3S2/c1-4-33-23-11-17(10-21(30)25(23)34-14-18-6-7-19(28)13-20(18)29)12-24-26(32)31(27(35)36-24)22-8-5-15(2)9-16(22)3/h5-13H,4,14H2,1-3H3/b24-12-. The Balaban J connectivity index is 1.61. The second kappa shape index (κ2) is 11.7. The summed E-state index contributed by atoms with van der Waals surface area (Å²) in [6.07, 6.45) is 1.84. The molecule has 9 heteroatoms. The van der Waals surface area contributed by atoms with Crippen LogP contribution in [0.15, 0.2) is 53.4 Å². The molecular formula is C27H22Cl2INO3S2. The number of anilines is 1. The van der Waals surface area contributed by atoms with Crippen LogP contribution in [0.4, 0.5) is 5.69 Å². The summed E-state index contributed by atoms with van der Waals surface area (Å²) in [6.45, 7) is 6.65. The normalized spacial score (nSPS) is 14.6. The highest BCUT2D eigenvalue weighted by Gasteiger charge is 2.34. The van der Waals surface area contributed by atoms with Crippen molar-refractivity contribution in [2.45, 2.75) is 27.4 Å². The van der Waals surface area contributed by atoms with Gasteiger partial charge in [0.1, 0.15) is 6.61 Å². The number of rotatable bonds is 7. The predicted molar refractivity (Wildman–Crippen MR) is 163 cm³/mol. The molecule has 0 aromatic heterocycles. The van der Waals surface area contributed by atoms with Gasteiger partial charge in [0, 0.05) is 15.6 Å². The Bertz CT molecular complexity index is 1390. The minimum atomic E-state index is -0.136. The average molecular weight is 670 g/mol. The smallest absolute Gasteiger partial charge is 0.270 e. The summed E-state index contributed by atoms with van der Waals surface area (Å²) in [5, 5.41) is 1.11. The van der Waals surface area contributed by atoms with Crippen LogP contribution in [0.25, 0.3) is 6.08 Å². The maximum Gasteiger partial charge on any atom is 0.270 e. The van der Waals surface area contributed by atoms with Crippen molar-refractivity contribution in [1.82, 2.24) is 0 Å². The Morgan fingerprint density at radius 1 is 1.08 bits per heavy atom. The van der Waals surface area contributed by atoms with Crippen molar-refractivity contribution in [2.24, 2.45) is 0 Å². The van der Waals surface area contributed by atoms with Crippen molar-refractivity contribution >= 4 is 91.8 Å². The number of carbonyl (C=O) groups is 1. The molecule has 0 atom stereocenters. The minimum Gasteiger partial charge on any atom is -0.490 e. The van der Waals surface area contributed by atoms with E-state index in [-0.39, 0.29) is 12.5 Å². The second-order valence-corrected chi connectivity index (χ2v) is 11.8. The zero-order valence-electron chi connectivity index (χ0n) is 19.7. The van der Waals surface area contributed by atoms with Crippen LogP contribution in [0, 0.1) is 17.4 Å². The summed E-state index contributed by atoms with van der Waals surface area (Å²) in [4.78, 5) is 15.5. The Morgan fingerprint density at radius 3 is 2.56 bits per heavy atom. The van der Waals surface area contributed by atoms with Crippen molar-refractivity contribution in [3.8, 4) is 11.5 Å². The molecule has 0 unspecified atom stereocenters. The number of nitrogens with zero attached hydrogens (tertiary/aromatic N) is 1. The lowest BCUT2D eigenvalue weighted by atomic mass is 10.1. The van der Waals surface area contributed by atoms with Crippen LogP contribution in [-0.2, 0) is 11.4 Å². The van der Waals surface area contributed by atoms with Gasteiger partial charge in [-0.2, -0.15) is 0 Å². The van der Waals surface area contributed by atoms with Gasteiger partial charge < -0.3 is 9.47 Å². The van der Waals surface area contributed by atoms with Crippen molar-refractivity contribution < 1.29 is 14.3 Å². The molecular weight excluding hydrogens is 648 g/mol. The second-order valence-electron chi connectivity index (χ2n) is 8.09. The first-order valence-electron chi connectivity index (χ1n) is 11.1. The van der Waals surface area contributed by atoms with Gasteiger partial charge in [0.25, 0.3) is 5.91 Å². The lowest BCUT2D eigenvalue weighted by molar-refractivity contribution is -0.113. The van der Waals surface area contributed by atoms with Crippen LogP contribution in [0.2, 0.25) is 10.0 Å². The molecule has 0 bridgehead atoms. The zero-order chi connectivity index (χ0) is 26.0. The molecule has 0 saturated carbocycles. The molecule has 3 aromatic rings. The van der Waals surface area contributed by atoms with Gasteiger partial charge in [-0.1, -0.05) is 70.9 Å². The van der Waals surface area contributed by atoms with Crippen molar-refractivity contribution in [1.29, 1.82) is 0 Å². The number of aryl methyl sites for hydroxylation is 2. The van der Waals surface area contributed by atoms with Crippen LogP contribution >= 0.6 is 69.8 Å². The maximum atomic E-state index is 13.3. The predicted octanol–water partition coefficient (Wildman–Crippen LogP) is 8.60. The summed E-state index contributed by atoms with van der Waals surface area (Å²) < 4.78 is 13.3. The number of hydrogen-bond acceptors (Lipinski definition) is 5. The molecule has 4 nitrogen and oxygen atoms in total. The van der Waals surface area contributed by atoms with Gasteiger partial charge in [-0.05, 0) is 90.9 Å². The summed E-state index contributed by atoms with van der Waals surface area (Å²) in [5.41, 5.74) is 4.58. The number of hydrogen-bond donors (Lipinski definition) is 0. The molecule has 0 radical (unpaired) electrons. The SMILES string of the molecule is CCOc1cc(/C=C2\SC(=S)N(c3ccc(C)cc3C)C2=O)cc(I)c1OCc1ccc(Cl)cc1Cl.